The number of nitrogens with zero attached hydrogens (tertiary/aromatic N) is 2. The fraction of sp³-hybridized carbons (Fsp3) is 0.407. The second-order valence-electron chi connectivity index (χ2n) is 9.68. The summed E-state index contributed by atoms with van der Waals surface area (Å²) >= 11 is 0. The number of carbonyl (C=O) groups is 1. The first-order chi connectivity index (χ1) is 17.3. The van der Waals surface area contributed by atoms with Gasteiger partial charge in [-0.3, -0.25) is 9.89 Å². The van der Waals surface area contributed by atoms with E-state index < -0.39 is 21.9 Å². The van der Waals surface area contributed by atoms with E-state index in [1.54, 1.807) is 11.0 Å². The van der Waals surface area contributed by atoms with Crippen molar-refractivity contribution in [1.82, 2.24) is 15.1 Å². The largest absolute Gasteiger partial charge is 0.507 e. The number of fused-ring (bicyclic) bond motifs is 1. The van der Waals surface area contributed by atoms with Crippen LogP contribution < -0.4 is 4.74 Å². The summed E-state index contributed by atoms with van der Waals surface area (Å²) in [4.78, 5) is 15.4. The SMILES string of the molecule is CCCCCOc1cccc(C2c3c(-c4cc(C)ccc4O)n[nH]c3C(=O)N2C2CCS(=O)(=O)C2)c1. The van der Waals surface area contributed by atoms with Gasteiger partial charge in [0.2, 0.25) is 0 Å². The zero-order valence-electron chi connectivity index (χ0n) is 20.5. The van der Waals surface area contributed by atoms with Gasteiger partial charge in [0.15, 0.2) is 9.84 Å². The summed E-state index contributed by atoms with van der Waals surface area (Å²) in [5.74, 6) is 0.484. The Labute approximate surface area is 211 Å². The maximum atomic E-state index is 13.7. The molecule has 190 valence electrons. The van der Waals surface area contributed by atoms with Crippen LogP contribution in [-0.4, -0.2) is 58.7 Å². The van der Waals surface area contributed by atoms with Gasteiger partial charge in [-0.1, -0.05) is 43.5 Å². The predicted molar refractivity (Wildman–Crippen MR) is 137 cm³/mol. The number of aromatic nitrogens is 2. The fourth-order valence-electron chi connectivity index (χ4n) is 5.23. The number of nitrogens with one attached hydrogen (secondary N) is 1. The summed E-state index contributed by atoms with van der Waals surface area (Å²) < 4.78 is 30.7. The van der Waals surface area contributed by atoms with E-state index in [2.05, 4.69) is 17.1 Å². The highest BCUT2D eigenvalue weighted by Gasteiger charge is 2.48. The van der Waals surface area contributed by atoms with E-state index in [0.717, 1.165) is 30.4 Å². The van der Waals surface area contributed by atoms with E-state index in [4.69, 9.17) is 4.74 Å². The minimum Gasteiger partial charge on any atom is -0.507 e. The Bertz CT molecular complexity index is 1400. The molecule has 5 rings (SSSR count). The number of hydrogen-bond acceptors (Lipinski definition) is 6. The Morgan fingerprint density at radius 1 is 1.19 bits per heavy atom. The zero-order chi connectivity index (χ0) is 25.4. The molecule has 0 radical (unpaired) electrons. The van der Waals surface area contributed by atoms with Crippen LogP contribution in [0.4, 0.5) is 0 Å². The molecule has 1 fully saturated rings. The second kappa shape index (κ2) is 9.61. The molecule has 2 aliphatic rings. The molecule has 2 aromatic carbocycles. The monoisotopic (exact) mass is 509 g/mol. The number of benzene rings is 2. The predicted octanol–water partition coefficient (Wildman–Crippen LogP) is 4.39. The van der Waals surface area contributed by atoms with Crippen molar-refractivity contribution in [2.24, 2.45) is 0 Å². The van der Waals surface area contributed by atoms with Crippen LogP contribution in [0.25, 0.3) is 11.3 Å². The van der Waals surface area contributed by atoms with Gasteiger partial charge in [-0.2, -0.15) is 5.10 Å². The van der Waals surface area contributed by atoms with Crippen molar-refractivity contribution in [3.63, 3.8) is 0 Å². The topological polar surface area (TPSA) is 113 Å². The molecule has 2 N–H and O–H groups in total. The highest BCUT2D eigenvalue weighted by Crippen LogP contribution is 2.47. The molecule has 1 saturated heterocycles. The van der Waals surface area contributed by atoms with Crippen LogP contribution in [0.5, 0.6) is 11.5 Å². The molecule has 0 spiro atoms. The molecule has 1 amide bonds. The Morgan fingerprint density at radius 3 is 2.78 bits per heavy atom. The molecule has 0 saturated carbocycles. The minimum atomic E-state index is -3.22. The molecule has 2 unspecified atom stereocenters. The van der Waals surface area contributed by atoms with E-state index in [1.807, 2.05) is 43.3 Å². The molecule has 9 heteroatoms. The number of aromatic amines is 1. The van der Waals surface area contributed by atoms with Gasteiger partial charge in [0, 0.05) is 17.2 Å². The van der Waals surface area contributed by atoms with Crippen molar-refractivity contribution in [3.8, 4) is 22.8 Å². The fourth-order valence-corrected chi connectivity index (χ4v) is 6.94. The highest BCUT2D eigenvalue weighted by atomic mass is 32.2. The standard InChI is InChI=1S/C27H31N3O5S/c1-3-4-5-12-35-20-8-6-7-18(15-20)26-23-24(21-14-17(2)9-10-22(21)31)28-29-25(23)27(32)30(26)19-11-13-36(33,34)16-19/h6-10,14-15,19,26,31H,3-5,11-13,16H2,1-2H3,(H,28,29). The normalized spacial score (nSPS) is 20.6. The quantitative estimate of drug-likeness (QED) is 0.436. The number of rotatable bonds is 8. The first kappa shape index (κ1) is 24.4. The number of hydrogen-bond donors (Lipinski definition) is 2. The maximum Gasteiger partial charge on any atom is 0.273 e. The van der Waals surface area contributed by atoms with Gasteiger partial charge in [0.25, 0.3) is 5.91 Å². The summed E-state index contributed by atoms with van der Waals surface area (Å²) in [6.07, 6.45) is 3.53. The number of phenols is 1. The van der Waals surface area contributed by atoms with Crippen molar-refractivity contribution < 1.29 is 23.1 Å². The summed E-state index contributed by atoms with van der Waals surface area (Å²) in [5, 5.41) is 18.0. The Balaban J connectivity index is 1.60. The molecule has 8 nitrogen and oxygen atoms in total. The third-order valence-corrected chi connectivity index (χ3v) is 8.75. The zero-order valence-corrected chi connectivity index (χ0v) is 21.3. The van der Waals surface area contributed by atoms with E-state index >= 15 is 0 Å². The molecule has 0 bridgehead atoms. The number of carbonyl (C=O) groups excluding carboxylic acids is 1. The first-order valence-corrected chi connectivity index (χ1v) is 14.3. The summed E-state index contributed by atoms with van der Waals surface area (Å²) in [6.45, 7) is 4.67. The number of amides is 1. The lowest BCUT2D eigenvalue weighted by atomic mass is 9.94. The second-order valence-corrected chi connectivity index (χ2v) is 11.9. The molecule has 2 aliphatic heterocycles. The number of phenolic OH excluding ortho intramolecular Hbond substituents is 1. The number of H-pyrrole nitrogens is 1. The lowest BCUT2D eigenvalue weighted by Crippen LogP contribution is -2.40. The van der Waals surface area contributed by atoms with E-state index in [1.165, 1.54) is 0 Å². The molecule has 0 aliphatic carbocycles. The molecular weight excluding hydrogens is 478 g/mol. The molecule has 2 atom stereocenters. The van der Waals surface area contributed by atoms with Crippen molar-refractivity contribution in [1.29, 1.82) is 0 Å². The van der Waals surface area contributed by atoms with Gasteiger partial charge in [-0.15, -0.1) is 0 Å². The lowest BCUT2D eigenvalue weighted by Gasteiger charge is -2.31. The highest BCUT2D eigenvalue weighted by molar-refractivity contribution is 7.91. The Morgan fingerprint density at radius 2 is 2.03 bits per heavy atom. The van der Waals surface area contributed by atoms with Crippen LogP contribution in [-0.2, 0) is 9.84 Å². The number of aromatic hydroxyl groups is 1. The van der Waals surface area contributed by atoms with Gasteiger partial charge in [-0.25, -0.2) is 8.42 Å². The van der Waals surface area contributed by atoms with Crippen molar-refractivity contribution >= 4 is 15.7 Å². The molecule has 36 heavy (non-hydrogen) atoms. The number of aryl methyl sites for hydroxylation is 1. The van der Waals surface area contributed by atoms with Crippen LogP contribution in [0.3, 0.4) is 0 Å². The minimum absolute atomic E-state index is 0.0620. The molecular formula is C27H31N3O5S. The summed E-state index contributed by atoms with van der Waals surface area (Å²) in [6, 6.07) is 11.9. The van der Waals surface area contributed by atoms with E-state index in [9.17, 15) is 18.3 Å². The Kier molecular flexibility index (Phi) is 6.51. The van der Waals surface area contributed by atoms with Gasteiger partial charge >= 0.3 is 0 Å². The first-order valence-electron chi connectivity index (χ1n) is 12.4. The lowest BCUT2D eigenvalue weighted by molar-refractivity contribution is 0.0677. The van der Waals surface area contributed by atoms with Gasteiger partial charge in [0.05, 0.1) is 24.2 Å². The van der Waals surface area contributed by atoms with Crippen LogP contribution in [0, 0.1) is 6.92 Å². The van der Waals surface area contributed by atoms with Crippen LogP contribution >= 0.6 is 0 Å². The average Bonchev–Trinajstić information content (AvgIpc) is 3.51. The van der Waals surface area contributed by atoms with Gasteiger partial charge in [0.1, 0.15) is 22.9 Å². The number of ether oxygens (including phenoxy) is 1. The third-order valence-electron chi connectivity index (χ3n) is 7.00. The molecule has 3 heterocycles. The van der Waals surface area contributed by atoms with Crippen molar-refractivity contribution in [2.75, 3.05) is 18.1 Å². The molecule has 1 aromatic heterocycles. The van der Waals surface area contributed by atoms with Crippen molar-refractivity contribution in [3.05, 3.63) is 64.8 Å². The Hall–Kier alpha value is -3.33. The van der Waals surface area contributed by atoms with E-state index in [0.29, 0.717) is 41.3 Å². The maximum absolute atomic E-state index is 13.7. The molecule has 3 aromatic rings. The number of sulfone groups is 1. The number of unbranched alkanes of at least 4 members (excludes halogenated alkanes) is 2. The smallest absolute Gasteiger partial charge is 0.273 e. The van der Waals surface area contributed by atoms with Crippen LogP contribution in [0.15, 0.2) is 42.5 Å². The van der Waals surface area contributed by atoms with Crippen LogP contribution in [0.2, 0.25) is 0 Å². The van der Waals surface area contributed by atoms with Gasteiger partial charge < -0.3 is 14.7 Å². The van der Waals surface area contributed by atoms with E-state index in [-0.39, 0.29) is 23.2 Å². The van der Waals surface area contributed by atoms with Crippen molar-refractivity contribution in [2.45, 2.75) is 51.6 Å². The van der Waals surface area contributed by atoms with Crippen LogP contribution in [0.1, 0.15) is 65.8 Å². The third kappa shape index (κ3) is 4.48. The average molecular weight is 510 g/mol. The summed E-state index contributed by atoms with van der Waals surface area (Å²) in [5.41, 5.74) is 3.75. The van der Waals surface area contributed by atoms with Gasteiger partial charge in [-0.05, 0) is 49.6 Å². The summed E-state index contributed by atoms with van der Waals surface area (Å²) in [7, 11) is -3.22.